The Hall–Kier alpha value is -1.56. The molecule has 4 rings (SSSR count). The molecule has 0 heterocycles. The molecule has 0 spiro atoms. The van der Waals surface area contributed by atoms with Gasteiger partial charge in [0.25, 0.3) is 0 Å². The molecule has 0 bridgehead atoms. The zero-order valence-electron chi connectivity index (χ0n) is 16.3. The van der Waals surface area contributed by atoms with E-state index in [1.54, 1.807) is 0 Å². The lowest BCUT2D eigenvalue weighted by atomic mass is 10.2. The molecule has 0 unspecified atom stereocenters. The molecule has 1 fully saturated rings. The minimum atomic E-state index is -0.274. The molecular weight excluding hydrogens is 363 g/mol. The minimum absolute atomic E-state index is 0.274. The Kier molecular flexibility index (Phi) is 5.71. The van der Waals surface area contributed by atoms with Crippen molar-refractivity contribution in [2.45, 2.75) is 43.0 Å². The first-order chi connectivity index (χ1) is 13.1. The Bertz CT molecular complexity index is 831. The Morgan fingerprint density at radius 1 is 0.778 bits per heavy atom. The topological polar surface area (TPSA) is 0 Å². The third-order valence-electron chi connectivity index (χ3n) is 5.52. The Labute approximate surface area is 169 Å². The monoisotopic (exact) mass is 390 g/mol. The van der Waals surface area contributed by atoms with Gasteiger partial charge in [0.05, 0.1) is 0 Å². The van der Waals surface area contributed by atoms with Crippen LogP contribution in [0, 0.1) is 19.8 Å². The van der Waals surface area contributed by atoms with Crippen molar-refractivity contribution in [2.24, 2.45) is 5.92 Å². The van der Waals surface area contributed by atoms with Crippen molar-refractivity contribution < 1.29 is 0 Å². The summed E-state index contributed by atoms with van der Waals surface area (Å²) < 4.78 is 0. The summed E-state index contributed by atoms with van der Waals surface area (Å²) >= 11 is 2.09. The van der Waals surface area contributed by atoms with Gasteiger partial charge in [-0.3, -0.25) is 0 Å². The molecule has 2 heteroatoms. The normalized spacial score (nSPS) is 19.9. The average molecular weight is 391 g/mol. The second-order valence-corrected chi connectivity index (χ2v) is 11.4. The highest BCUT2D eigenvalue weighted by molar-refractivity contribution is 8.00. The second kappa shape index (κ2) is 8.21. The molecule has 1 saturated carbocycles. The van der Waals surface area contributed by atoms with Gasteiger partial charge < -0.3 is 0 Å². The smallest absolute Gasteiger partial charge is 0.0133 e. The first-order valence-corrected chi connectivity index (χ1v) is 12.1. The molecule has 1 aliphatic rings. The lowest BCUT2D eigenvalue weighted by Gasteiger charge is -2.21. The first-order valence-electron chi connectivity index (χ1n) is 9.77. The maximum Gasteiger partial charge on any atom is 0.0133 e. The molecule has 0 amide bonds. The van der Waals surface area contributed by atoms with Gasteiger partial charge in [0.2, 0.25) is 0 Å². The SMILES string of the molecule is Cc1cccc(C)c1S[C@H](C)[C@@H]1C[C@@H]1P(c1ccccc1)c1ccccc1. The van der Waals surface area contributed by atoms with Crippen LogP contribution in [-0.2, 0) is 0 Å². The number of thioether (sulfide) groups is 1. The highest BCUT2D eigenvalue weighted by atomic mass is 32.2. The zero-order valence-corrected chi connectivity index (χ0v) is 18.0. The Morgan fingerprint density at radius 3 is 1.81 bits per heavy atom. The summed E-state index contributed by atoms with van der Waals surface area (Å²) in [6, 6.07) is 29.0. The van der Waals surface area contributed by atoms with E-state index in [2.05, 4.69) is 111 Å². The number of rotatable bonds is 6. The van der Waals surface area contributed by atoms with Crippen molar-refractivity contribution in [3.63, 3.8) is 0 Å². The molecule has 0 N–H and O–H groups in total. The van der Waals surface area contributed by atoms with Crippen molar-refractivity contribution in [3.8, 4) is 0 Å². The van der Waals surface area contributed by atoms with Crippen LogP contribution in [0.15, 0.2) is 83.8 Å². The summed E-state index contributed by atoms with van der Waals surface area (Å²) in [6.07, 6.45) is 1.36. The maximum absolute atomic E-state index is 2.44. The van der Waals surface area contributed by atoms with Crippen LogP contribution >= 0.6 is 19.7 Å². The fourth-order valence-electron chi connectivity index (χ4n) is 3.97. The van der Waals surface area contributed by atoms with Crippen LogP contribution in [0.1, 0.15) is 24.5 Å². The van der Waals surface area contributed by atoms with Crippen molar-refractivity contribution in [1.82, 2.24) is 0 Å². The van der Waals surface area contributed by atoms with Gasteiger partial charge in [-0.05, 0) is 61.5 Å². The summed E-state index contributed by atoms with van der Waals surface area (Å²) in [5.74, 6) is 0.806. The van der Waals surface area contributed by atoms with Crippen LogP contribution in [0.4, 0.5) is 0 Å². The molecule has 0 radical (unpaired) electrons. The van der Waals surface area contributed by atoms with E-state index < -0.39 is 0 Å². The molecule has 0 saturated heterocycles. The lowest BCUT2D eigenvalue weighted by Crippen LogP contribution is -2.17. The van der Waals surface area contributed by atoms with E-state index in [4.69, 9.17) is 0 Å². The quantitative estimate of drug-likeness (QED) is 0.351. The van der Waals surface area contributed by atoms with Crippen LogP contribution in [0.25, 0.3) is 0 Å². The van der Waals surface area contributed by atoms with Gasteiger partial charge in [-0.25, -0.2) is 0 Å². The largest absolute Gasteiger partial charge is 0.122 e. The lowest BCUT2D eigenvalue weighted by molar-refractivity contribution is 0.821. The maximum atomic E-state index is 2.44. The molecule has 0 aromatic heterocycles. The van der Waals surface area contributed by atoms with E-state index in [0.717, 1.165) is 11.6 Å². The van der Waals surface area contributed by atoms with Crippen molar-refractivity contribution in [2.75, 3.05) is 0 Å². The highest BCUT2D eigenvalue weighted by Gasteiger charge is 2.47. The predicted molar refractivity (Wildman–Crippen MR) is 122 cm³/mol. The van der Waals surface area contributed by atoms with E-state index in [9.17, 15) is 0 Å². The number of hydrogen-bond acceptors (Lipinski definition) is 1. The fourth-order valence-corrected chi connectivity index (χ4v) is 8.59. The van der Waals surface area contributed by atoms with Crippen LogP contribution in [-0.4, -0.2) is 10.9 Å². The van der Waals surface area contributed by atoms with Gasteiger partial charge in [0, 0.05) is 10.1 Å². The van der Waals surface area contributed by atoms with Crippen molar-refractivity contribution >= 4 is 30.3 Å². The Morgan fingerprint density at radius 2 is 1.30 bits per heavy atom. The van der Waals surface area contributed by atoms with Gasteiger partial charge in [0.1, 0.15) is 0 Å². The van der Waals surface area contributed by atoms with E-state index in [-0.39, 0.29) is 7.92 Å². The minimum Gasteiger partial charge on any atom is -0.122 e. The van der Waals surface area contributed by atoms with Crippen LogP contribution < -0.4 is 10.6 Å². The Balaban J connectivity index is 1.56. The summed E-state index contributed by atoms with van der Waals surface area (Å²) in [7, 11) is -0.274. The molecule has 0 aliphatic heterocycles. The molecule has 27 heavy (non-hydrogen) atoms. The molecule has 3 atom stereocenters. The van der Waals surface area contributed by atoms with Crippen LogP contribution in [0.3, 0.4) is 0 Å². The first kappa shape index (κ1) is 18.8. The van der Waals surface area contributed by atoms with Gasteiger partial charge >= 0.3 is 0 Å². The van der Waals surface area contributed by atoms with Crippen molar-refractivity contribution in [3.05, 3.63) is 90.0 Å². The van der Waals surface area contributed by atoms with Crippen LogP contribution in [0.5, 0.6) is 0 Å². The molecule has 138 valence electrons. The molecule has 1 aliphatic carbocycles. The standard InChI is InChI=1S/C25H27PS/c1-18-11-10-12-19(2)25(18)27-20(3)23-17-24(23)26(21-13-6-4-7-14-21)22-15-8-5-9-16-22/h4-16,20,23-24H,17H2,1-3H3/t20-,23+,24+/m1/s1. The zero-order chi connectivity index (χ0) is 18.8. The third kappa shape index (κ3) is 4.15. The number of benzene rings is 3. The summed E-state index contributed by atoms with van der Waals surface area (Å²) in [5.41, 5.74) is 3.63. The summed E-state index contributed by atoms with van der Waals surface area (Å²) in [5, 5.41) is 3.71. The third-order valence-corrected chi connectivity index (χ3v) is 10.1. The van der Waals surface area contributed by atoms with Gasteiger partial charge in [-0.2, -0.15) is 0 Å². The van der Waals surface area contributed by atoms with E-state index >= 15 is 0 Å². The van der Waals surface area contributed by atoms with E-state index in [0.29, 0.717) is 5.25 Å². The van der Waals surface area contributed by atoms with E-state index in [1.807, 2.05) is 0 Å². The molecule has 3 aromatic rings. The van der Waals surface area contributed by atoms with Crippen LogP contribution in [0.2, 0.25) is 0 Å². The summed E-state index contributed by atoms with van der Waals surface area (Å²) in [4.78, 5) is 1.49. The number of aryl methyl sites for hydroxylation is 2. The summed E-state index contributed by atoms with van der Waals surface area (Å²) in [6.45, 7) is 6.92. The van der Waals surface area contributed by atoms with Gasteiger partial charge in [0.15, 0.2) is 0 Å². The molecule has 0 nitrogen and oxygen atoms in total. The highest BCUT2D eigenvalue weighted by Crippen LogP contribution is 2.59. The van der Waals surface area contributed by atoms with Crippen molar-refractivity contribution in [1.29, 1.82) is 0 Å². The van der Waals surface area contributed by atoms with Gasteiger partial charge in [-0.1, -0.05) is 85.8 Å². The fraction of sp³-hybridized carbons (Fsp3) is 0.280. The average Bonchev–Trinajstić information content (AvgIpc) is 3.47. The van der Waals surface area contributed by atoms with E-state index in [1.165, 1.54) is 33.1 Å². The molecular formula is C25H27PS. The predicted octanol–water partition coefficient (Wildman–Crippen LogP) is 6.31. The van der Waals surface area contributed by atoms with Gasteiger partial charge in [-0.15, -0.1) is 11.8 Å². The number of hydrogen-bond donors (Lipinski definition) is 0. The molecule has 3 aromatic carbocycles. The second-order valence-electron chi connectivity index (χ2n) is 7.55.